The van der Waals surface area contributed by atoms with Crippen LogP contribution in [-0.4, -0.2) is 22.7 Å². The van der Waals surface area contributed by atoms with Crippen LogP contribution in [0.2, 0.25) is 0 Å². The van der Waals surface area contributed by atoms with Crippen molar-refractivity contribution in [1.29, 1.82) is 0 Å². The molecule has 0 aliphatic carbocycles. The summed E-state index contributed by atoms with van der Waals surface area (Å²) in [5.74, 6) is -0.0621. The summed E-state index contributed by atoms with van der Waals surface area (Å²) in [6.45, 7) is 1.94. The summed E-state index contributed by atoms with van der Waals surface area (Å²) in [4.78, 5) is 11.6. The number of hydrogen-bond donors (Lipinski definition) is 2. The minimum Gasteiger partial charge on any atom is -0.490 e. The number of rotatable bonds is 5. The Morgan fingerprint density at radius 3 is 2.95 bits per heavy atom. The van der Waals surface area contributed by atoms with E-state index in [1.54, 1.807) is 18.2 Å². The standard InChI is InChI=1S/C13H14FN3O2/c1-9-8-12(17-16-9)15-13(18)6-7-19-11-5-3-2-4-10(11)14/h2-5,8H,6-7H2,1H3,(H2,15,16,17,18). The zero-order valence-electron chi connectivity index (χ0n) is 10.4. The van der Waals surface area contributed by atoms with Gasteiger partial charge in [-0.15, -0.1) is 0 Å². The van der Waals surface area contributed by atoms with Gasteiger partial charge in [0.1, 0.15) is 0 Å². The molecule has 0 bridgehead atoms. The lowest BCUT2D eigenvalue weighted by Gasteiger charge is -2.06. The molecule has 19 heavy (non-hydrogen) atoms. The summed E-state index contributed by atoms with van der Waals surface area (Å²) in [6.07, 6.45) is 0.125. The summed E-state index contributed by atoms with van der Waals surface area (Å²) in [6, 6.07) is 7.79. The van der Waals surface area contributed by atoms with Crippen LogP contribution >= 0.6 is 0 Å². The molecule has 2 aromatic rings. The summed E-state index contributed by atoms with van der Waals surface area (Å²) < 4.78 is 18.4. The third-order valence-corrected chi connectivity index (χ3v) is 2.40. The number of aromatic nitrogens is 2. The van der Waals surface area contributed by atoms with E-state index in [1.807, 2.05) is 6.92 Å². The Balaban J connectivity index is 1.77. The number of aryl methyl sites for hydroxylation is 1. The van der Waals surface area contributed by atoms with Crippen molar-refractivity contribution in [3.05, 3.63) is 41.8 Å². The second-order valence-corrected chi connectivity index (χ2v) is 4.01. The van der Waals surface area contributed by atoms with Gasteiger partial charge >= 0.3 is 0 Å². The van der Waals surface area contributed by atoms with Crippen molar-refractivity contribution in [2.45, 2.75) is 13.3 Å². The van der Waals surface area contributed by atoms with Crippen molar-refractivity contribution >= 4 is 11.7 Å². The maximum atomic E-state index is 13.2. The molecule has 0 aliphatic heterocycles. The number of ether oxygens (including phenoxy) is 1. The van der Waals surface area contributed by atoms with Gasteiger partial charge in [-0.3, -0.25) is 9.89 Å². The molecule has 1 amide bonds. The Hall–Kier alpha value is -2.37. The number of aromatic amines is 1. The summed E-state index contributed by atoms with van der Waals surface area (Å²) in [7, 11) is 0. The molecule has 0 saturated heterocycles. The molecule has 0 fully saturated rings. The topological polar surface area (TPSA) is 67.0 Å². The maximum absolute atomic E-state index is 13.2. The number of H-pyrrole nitrogens is 1. The van der Waals surface area contributed by atoms with Crippen LogP contribution in [0.3, 0.4) is 0 Å². The zero-order chi connectivity index (χ0) is 13.7. The molecular formula is C13H14FN3O2. The molecule has 2 N–H and O–H groups in total. The fourth-order valence-electron chi connectivity index (χ4n) is 1.50. The number of halogens is 1. The van der Waals surface area contributed by atoms with Crippen LogP contribution in [0.5, 0.6) is 5.75 Å². The van der Waals surface area contributed by atoms with Gasteiger partial charge in [-0.25, -0.2) is 4.39 Å². The Morgan fingerprint density at radius 1 is 1.47 bits per heavy atom. The van der Waals surface area contributed by atoms with Gasteiger partial charge in [0.15, 0.2) is 17.4 Å². The van der Waals surface area contributed by atoms with Crippen molar-refractivity contribution in [2.24, 2.45) is 0 Å². The van der Waals surface area contributed by atoms with Gasteiger partial charge in [-0.1, -0.05) is 12.1 Å². The van der Waals surface area contributed by atoms with Gasteiger partial charge < -0.3 is 10.1 Å². The summed E-state index contributed by atoms with van der Waals surface area (Å²) in [5.41, 5.74) is 0.859. The van der Waals surface area contributed by atoms with Crippen molar-refractivity contribution < 1.29 is 13.9 Å². The number of hydrogen-bond acceptors (Lipinski definition) is 3. The molecular weight excluding hydrogens is 249 g/mol. The smallest absolute Gasteiger partial charge is 0.229 e. The Bertz CT molecular complexity index is 569. The normalized spacial score (nSPS) is 10.2. The second-order valence-electron chi connectivity index (χ2n) is 4.01. The van der Waals surface area contributed by atoms with Gasteiger partial charge in [0.2, 0.25) is 5.91 Å². The van der Waals surface area contributed by atoms with E-state index in [-0.39, 0.29) is 24.7 Å². The first kappa shape index (κ1) is 13.1. The molecule has 0 saturated carbocycles. The lowest BCUT2D eigenvalue weighted by molar-refractivity contribution is -0.116. The number of anilines is 1. The summed E-state index contributed by atoms with van der Waals surface area (Å²) >= 11 is 0. The SMILES string of the molecule is Cc1cc(NC(=O)CCOc2ccccc2F)n[nH]1. The highest BCUT2D eigenvalue weighted by Crippen LogP contribution is 2.15. The minimum atomic E-state index is -0.439. The van der Waals surface area contributed by atoms with E-state index >= 15 is 0 Å². The van der Waals surface area contributed by atoms with Gasteiger partial charge in [0, 0.05) is 11.8 Å². The molecule has 2 rings (SSSR count). The van der Waals surface area contributed by atoms with Crippen molar-refractivity contribution in [3.8, 4) is 5.75 Å². The number of amides is 1. The number of nitrogens with one attached hydrogen (secondary N) is 2. The van der Waals surface area contributed by atoms with Crippen LogP contribution in [-0.2, 0) is 4.79 Å². The highest BCUT2D eigenvalue weighted by atomic mass is 19.1. The molecule has 5 nitrogen and oxygen atoms in total. The first-order valence-corrected chi connectivity index (χ1v) is 5.84. The zero-order valence-corrected chi connectivity index (χ0v) is 10.4. The van der Waals surface area contributed by atoms with E-state index in [1.165, 1.54) is 12.1 Å². The van der Waals surface area contributed by atoms with Crippen LogP contribution in [0, 0.1) is 12.7 Å². The first-order chi connectivity index (χ1) is 9.15. The number of carbonyl (C=O) groups is 1. The molecule has 1 heterocycles. The van der Waals surface area contributed by atoms with Crippen molar-refractivity contribution in [1.82, 2.24) is 10.2 Å². The predicted molar refractivity (Wildman–Crippen MR) is 68.5 cm³/mol. The molecule has 0 unspecified atom stereocenters. The average Bonchev–Trinajstić information content (AvgIpc) is 2.77. The highest BCUT2D eigenvalue weighted by molar-refractivity contribution is 5.89. The monoisotopic (exact) mass is 263 g/mol. The van der Waals surface area contributed by atoms with Crippen molar-refractivity contribution in [3.63, 3.8) is 0 Å². The Labute approximate surface area is 109 Å². The lowest BCUT2D eigenvalue weighted by Crippen LogP contribution is -2.15. The molecule has 1 aromatic heterocycles. The van der Waals surface area contributed by atoms with Gasteiger partial charge in [0.25, 0.3) is 0 Å². The molecule has 0 aliphatic rings. The molecule has 100 valence electrons. The van der Waals surface area contributed by atoms with Gasteiger partial charge in [-0.2, -0.15) is 5.10 Å². The fraction of sp³-hybridized carbons (Fsp3) is 0.231. The van der Waals surface area contributed by atoms with Crippen LogP contribution < -0.4 is 10.1 Å². The number of nitrogens with zero attached hydrogens (tertiary/aromatic N) is 1. The van der Waals surface area contributed by atoms with E-state index in [4.69, 9.17) is 4.74 Å². The maximum Gasteiger partial charge on any atom is 0.229 e. The molecule has 1 aromatic carbocycles. The quantitative estimate of drug-likeness (QED) is 0.869. The number of benzene rings is 1. The molecule has 6 heteroatoms. The summed E-state index contributed by atoms with van der Waals surface area (Å²) in [5, 5.41) is 9.20. The molecule has 0 radical (unpaired) electrons. The average molecular weight is 263 g/mol. The van der Waals surface area contributed by atoms with Crippen molar-refractivity contribution in [2.75, 3.05) is 11.9 Å². The van der Waals surface area contributed by atoms with Crippen LogP contribution in [0.15, 0.2) is 30.3 Å². The molecule has 0 spiro atoms. The van der Waals surface area contributed by atoms with Crippen LogP contribution in [0.1, 0.15) is 12.1 Å². The van der Waals surface area contributed by atoms with E-state index in [0.717, 1.165) is 5.69 Å². The van der Waals surface area contributed by atoms with Gasteiger partial charge in [-0.05, 0) is 19.1 Å². The fourth-order valence-corrected chi connectivity index (χ4v) is 1.50. The van der Waals surface area contributed by atoms with Crippen LogP contribution in [0.25, 0.3) is 0 Å². The predicted octanol–water partition coefficient (Wildman–Crippen LogP) is 2.26. The van der Waals surface area contributed by atoms with Gasteiger partial charge in [0.05, 0.1) is 13.0 Å². The third-order valence-electron chi connectivity index (χ3n) is 2.40. The molecule has 0 atom stereocenters. The Kier molecular flexibility index (Phi) is 4.12. The highest BCUT2D eigenvalue weighted by Gasteiger charge is 2.06. The number of carbonyl (C=O) groups excluding carboxylic acids is 1. The van der Waals surface area contributed by atoms with E-state index < -0.39 is 5.82 Å². The number of para-hydroxylation sites is 1. The second kappa shape index (κ2) is 5.99. The largest absolute Gasteiger partial charge is 0.490 e. The van der Waals surface area contributed by atoms with E-state index in [2.05, 4.69) is 15.5 Å². The van der Waals surface area contributed by atoms with Crippen LogP contribution in [0.4, 0.5) is 10.2 Å². The minimum absolute atomic E-state index is 0.107. The van der Waals surface area contributed by atoms with E-state index in [9.17, 15) is 9.18 Å². The van der Waals surface area contributed by atoms with E-state index in [0.29, 0.717) is 5.82 Å². The lowest BCUT2D eigenvalue weighted by atomic mass is 10.3. The third kappa shape index (κ3) is 3.80. The first-order valence-electron chi connectivity index (χ1n) is 5.84. The Morgan fingerprint density at radius 2 is 2.26 bits per heavy atom.